The molecule has 2 heterocycles. The predicted octanol–water partition coefficient (Wildman–Crippen LogP) is 4.33. The van der Waals surface area contributed by atoms with Crippen molar-refractivity contribution < 1.29 is 27.4 Å². The number of alkyl halides is 3. The molecular weight excluding hydrogens is 359 g/mol. The van der Waals surface area contributed by atoms with Crippen molar-refractivity contribution in [3.8, 4) is 0 Å². The topological polar surface area (TPSA) is 38.8 Å². The second kappa shape index (κ2) is 8.33. The highest BCUT2D eigenvalue weighted by atomic mass is 19.4. The molecule has 148 valence electrons. The van der Waals surface area contributed by atoms with Crippen LogP contribution >= 0.6 is 0 Å². The van der Waals surface area contributed by atoms with E-state index in [0.717, 1.165) is 43.5 Å². The maximum absolute atomic E-state index is 12.8. The zero-order valence-corrected chi connectivity index (χ0v) is 15.3. The third kappa shape index (κ3) is 4.83. The zero-order chi connectivity index (χ0) is 19.4. The van der Waals surface area contributed by atoms with E-state index in [2.05, 4.69) is 4.90 Å². The van der Waals surface area contributed by atoms with Crippen LogP contribution in [-0.2, 0) is 20.4 Å². The average molecular weight is 383 g/mol. The van der Waals surface area contributed by atoms with E-state index >= 15 is 0 Å². The predicted molar refractivity (Wildman–Crippen MR) is 93.8 cm³/mol. The molecule has 1 fully saturated rings. The second-order valence-electron chi connectivity index (χ2n) is 7.16. The van der Waals surface area contributed by atoms with Gasteiger partial charge in [-0.2, -0.15) is 13.2 Å². The van der Waals surface area contributed by atoms with Crippen molar-refractivity contribution in [1.82, 2.24) is 4.90 Å². The second-order valence-corrected chi connectivity index (χ2v) is 7.16. The van der Waals surface area contributed by atoms with Gasteiger partial charge in [0.05, 0.1) is 30.6 Å². The summed E-state index contributed by atoms with van der Waals surface area (Å²) >= 11 is 0. The van der Waals surface area contributed by atoms with Gasteiger partial charge in [0.1, 0.15) is 0 Å². The van der Waals surface area contributed by atoms with Crippen molar-refractivity contribution in [1.29, 1.82) is 0 Å². The number of benzene rings is 1. The number of carbonyl (C=O) groups is 1. The molecule has 4 nitrogen and oxygen atoms in total. The molecule has 7 heteroatoms. The average Bonchev–Trinajstić information content (AvgIpc) is 2.66. The van der Waals surface area contributed by atoms with Gasteiger partial charge in [-0.15, -0.1) is 0 Å². The minimum Gasteiger partial charge on any atom is -0.501 e. The third-order valence-electron chi connectivity index (χ3n) is 5.21. The Bertz CT molecular complexity index is 685. The number of hydrogen-bond donors (Lipinski definition) is 0. The molecule has 3 rings (SSSR count). The van der Waals surface area contributed by atoms with Crippen LogP contribution in [0.4, 0.5) is 13.2 Å². The highest BCUT2D eigenvalue weighted by molar-refractivity contribution is 5.88. The normalized spacial score (nSPS) is 24.1. The third-order valence-corrected chi connectivity index (χ3v) is 5.21. The molecular formula is C20H24F3NO3. The SMILES string of the molecule is CN1CCC[C@H](COC(=O)C2=COCCC2)[C@H]1c1ccc(C(F)(F)F)cc1. The van der Waals surface area contributed by atoms with Gasteiger partial charge in [-0.25, -0.2) is 4.79 Å². The van der Waals surface area contributed by atoms with Gasteiger partial charge in [-0.05, 0) is 57.0 Å². The number of rotatable bonds is 4. The first-order valence-corrected chi connectivity index (χ1v) is 9.21. The van der Waals surface area contributed by atoms with E-state index in [9.17, 15) is 18.0 Å². The van der Waals surface area contributed by atoms with Crippen LogP contribution in [0.1, 0.15) is 42.9 Å². The fourth-order valence-corrected chi connectivity index (χ4v) is 3.82. The Morgan fingerprint density at radius 1 is 1.26 bits per heavy atom. The molecule has 0 saturated carbocycles. The monoisotopic (exact) mass is 383 g/mol. The lowest BCUT2D eigenvalue weighted by molar-refractivity contribution is -0.142. The van der Waals surface area contributed by atoms with Crippen LogP contribution in [0.2, 0.25) is 0 Å². The maximum Gasteiger partial charge on any atom is 0.416 e. The summed E-state index contributed by atoms with van der Waals surface area (Å²) in [6.45, 7) is 1.71. The van der Waals surface area contributed by atoms with Crippen LogP contribution < -0.4 is 0 Å². The summed E-state index contributed by atoms with van der Waals surface area (Å²) in [5.74, 6) is -0.330. The molecule has 27 heavy (non-hydrogen) atoms. The van der Waals surface area contributed by atoms with Crippen molar-refractivity contribution in [2.45, 2.75) is 37.9 Å². The van der Waals surface area contributed by atoms with Gasteiger partial charge in [0.15, 0.2) is 0 Å². The highest BCUT2D eigenvalue weighted by Crippen LogP contribution is 2.37. The van der Waals surface area contributed by atoms with E-state index < -0.39 is 11.7 Å². The Morgan fingerprint density at radius 3 is 2.63 bits per heavy atom. The summed E-state index contributed by atoms with van der Waals surface area (Å²) < 4.78 is 49.1. The number of carbonyl (C=O) groups excluding carboxylic acids is 1. The molecule has 0 N–H and O–H groups in total. The van der Waals surface area contributed by atoms with Crippen molar-refractivity contribution in [2.75, 3.05) is 26.8 Å². The van der Waals surface area contributed by atoms with Crippen LogP contribution in [0.5, 0.6) is 0 Å². The van der Waals surface area contributed by atoms with E-state index in [0.29, 0.717) is 18.6 Å². The lowest BCUT2D eigenvalue weighted by atomic mass is 9.85. The lowest BCUT2D eigenvalue weighted by Crippen LogP contribution is -2.38. The molecule has 0 aliphatic carbocycles. The molecule has 0 bridgehead atoms. The fraction of sp³-hybridized carbons (Fsp3) is 0.550. The maximum atomic E-state index is 12.8. The lowest BCUT2D eigenvalue weighted by Gasteiger charge is -2.39. The van der Waals surface area contributed by atoms with Crippen LogP contribution in [0.3, 0.4) is 0 Å². The summed E-state index contributed by atoms with van der Waals surface area (Å²) in [5.41, 5.74) is 0.694. The minimum atomic E-state index is -4.35. The Labute approximate surface area is 156 Å². The molecule has 0 radical (unpaired) electrons. The van der Waals surface area contributed by atoms with E-state index in [1.165, 1.54) is 18.4 Å². The van der Waals surface area contributed by atoms with Gasteiger partial charge < -0.3 is 9.47 Å². The Hall–Kier alpha value is -2.02. The quantitative estimate of drug-likeness (QED) is 0.726. The van der Waals surface area contributed by atoms with E-state index in [1.807, 2.05) is 7.05 Å². The summed E-state index contributed by atoms with van der Waals surface area (Å²) in [5, 5.41) is 0. The van der Waals surface area contributed by atoms with Gasteiger partial charge in [0.25, 0.3) is 0 Å². The number of nitrogens with zero attached hydrogens (tertiary/aromatic N) is 1. The van der Waals surface area contributed by atoms with Gasteiger partial charge in [-0.3, -0.25) is 4.90 Å². The molecule has 2 atom stereocenters. The largest absolute Gasteiger partial charge is 0.501 e. The molecule has 1 aromatic rings. The van der Waals surface area contributed by atoms with Crippen molar-refractivity contribution in [3.05, 3.63) is 47.2 Å². The molecule has 1 saturated heterocycles. The van der Waals surface area contributed by atoms with E-state index in [1.54, 1.807) is 0 Å². The minimum absolute atomic E-state index is 0.0366. The molecule has 0 amide bonds. The highest BCUT2D eigenvalue weighted by Gasteiger charge is 2.34. The van der Waals surface area contributed by atoms with Crippen LogP contribution in [0, 0.1) is 5.92 Å². The summed E-state index contributed by atoms with van der Waals surface area (Å²) in [6.07, 6.45) is 0.376. The number of esters is 1. The first kappa shape index (κ1) is 19.7. The molecule has 2 aliphatic rings. The smallest absolute Gasteiger partial charge is 0.416 e. The van der Waals surface area contributed by atoms with Crippen molar-refractivity contribution in [3.63, 3.8) is 0 Å². The van der Waals surface area contributed by atoms with Crippen molar-refractivity contribution in [2.24, 2.45) is 5.92 Å². The van der Waals surface area contributed by atoms with Crippen molar-refractivity contribution >= 4 is 5.97 Å². The van der Waals surface area contributed by atoms with Gasteiger partial charge >= 0.3 is 12.1 Å². The van der Waals surface area contributed by atoms with Gasteiger partial charge in [-0.1, -0.05) is 12.1 Å². The first-order chi connectivity index (χ1) is 12.9. The first-order valence-electron chi connectivity index (χ1n) is 9.21. The van der Waals surface area contributed by atoms with Crippen LogP contribution in [0.25, 0.3) is 0 Å². The molecule has 0 aromatic heterocycles. The molecule has 1 aromatic carbocycles. The number of hydrogen-bond acceptors (Lipinski definition) is 4. The number of piperidine rings is 1. The molecule has 0 unspecified atom stereocenters. The standard InChI is InChI=1S/C20H24F3NO3/c1-24-10-2-4-15(13-27-19(25)16-5-3-11-26-12-16)18(24)14-6-8-17(9-7-14)20(21,22)23/h6-9,12,15,18H,2-5,10-11,13H2,1H3/t15-,18-/m1/s1. The van der Waals surface area contributed by atoms with Crippen LogP contribution in [0.15, 0.2) is 36.1 Å². The Morgan fingerprint density at radius 2 is 2.00 bits per heavy atom. The summed E-state index contributed by atoms with van der Waals surface area (Å²) in [7, 11) is 1.95. The van der Waals surface area contributed by atoms with E-state index in [4.69, 9.17) is 9.47 Å². The summed E-state index contributed by atoms with van der Waals surface area (Å²) in [4.78, 5) is 14.3. The van der Waals surface area contributed by atoms with Gasteiger partial charge in [0.2, 0.25) is 0 Å². The number of halogens is 3. The van der Waals surface area contributed by atoms with Gasteiger partial charge in [0, 0.05) is 12.0 Å². The number of likely N-dealkylation sites (tertiary alicyclic amines) is 1. The van der Waals surface area contributed by atoms with Crippen LogP contribution in [-0.4, -0.2) is 37.7 Å². The van der Waals surface area contributed by atoms with E-state index in [-0.39, 0.29) is 24.5 Å². The molecule has 0 spiro atoms. The zero-order valence-electron chi connectivity index (χ0n) is 15.3. The fourth-order valence-electron chi connectivity index (χ4n) is 3.82. The summed E-state index contributed by atoms with van der Waals surface area (Å²) in [6, 6.07) is 5.21. The Kier molecular flexibility index (Phi) is 6.09. The Balaban J connectivity index is 1.69. The number of ether oxygens (including phenoxy) is 2. The molecule has 2 aliphatic heterocycles.